The molecule has 170 valence electrons. The number of fused-ring (bicyclic) bond motifs is 3. The maximum absolute atomic E-state index is 14.0. The molecule has 0 bridgehead atoms. The quantitative estimate of drug-likeness (QED) is 0.323. The largest absolute Gasteiger partial charge is 0.478 e. The van der Waals surface area contributed by atoms with Crippen molar-refractivity contribution in [3.05, 3.63) is 85.4 Å². The monoisotopic (exact) mass is 491 g/mol. The van der Waals surface area contributed by atoms with Gasteiger partial charge in [-0.1, -0.05) is 29.8 Å². The van der Waals surface area contributed by atoms with E-state index in [1.54, 1.807) is 17.4 Å². The molecule has 0 spiro atoms. The molecule has 1 aliphatic rings. The highest BCUT2D eigenvalue weighted by molar-refractivity contribution is 7.09. The van der Waals surface area contributed by atoms with Gasteiger partial charge in [-0.15, -0.1) is 11.3 Å². The van der Waals surface area contributed by atoms with Crippen LogP contribution in [0.15, 0.2) is 63.1 Å². The van der Waals surface area contributed by atoms with E-state index in [1.807, 2.05) is 22.4 Å². The van der Waals surface area contributed by atoms with Crippen LogP contribution in [0.2, 0.25) is 5.02 Å². The van der Waals surface area contributed by atoms with Crippen molar-refractivity contribution in [3.63, 3.8) is 0 Å². The second kappa shape index (κ2) is 8.52. The van der Waals surface area contributed by atoms with E-state index in [0.29, 0.717) is 36.2 Å². The van der Waals surface area contributed by atoms with Crippen LogP contribution in [0.1, 0.15) is 16.2 Å². The molecule has 5 rings (SSSR count). The van der Waals surface area contributed by atoms with Gasteiger partial charge in [-0.2, -0.15) is 13.2 Å². The summed E-state index contributed by atoms with van der Waals surface area (Å²) in [4.78, 5) is 16.5. The van der Waals surface area contributed by atoms with Gasteiger partial charge < -0.3 is 9.15 Å². The van der Waals surface area contributed by atoms with Crippen molar-refractivity contribution >= 4 is 33.9 Å². The van der Waals surface area contributed by atoms with Crippen LogP contribution in [0.25, 0.3) is 22.1 Å². The van der Waals surface area contributed by atoms with Gasteiger partial charge in [0.25, 0.3) is 0 Å². The van der Waals surface area contributed by atoms with Crippen LogP contribution >= 0.6 is 22.9 Å². The number of benzene rings is 2. The second-order valence-corrected chi connectivity index (χ2v) is 9.18. The third-order valence-corrected chi connectivity index (χ3v) is 6.74. The maximum Gasteiger partial charge on any atom is 0.450 e. The summed E-state index contributed by atoms with van der Waals surface area (Å²) in [7, 11) is 0. The van der Waals surface area contributed by atoms with Gasteiger partial charge in [0.15, 0.2) is 0 Å². The maximum atomic E-state index is 14.0. The van der Waals surface area contributed by atoms with Crippen LogP contribution in [-0.4, -0.2) is 18.2 Å². The normalized spacial score (nSPS) is 14.3. The van der Waals surface area contributed by atoms with E-state index in [4.69, 9.17) is 20.8 Å². The molecule has 0 radical (unpaired) electrons. The predicted molar refractivity (Wildman–Crippen MR) is 122 cm³/mol. The van der Waals surface area contributed by atoms with Gasteiger partial charge in [-0.3, -0.25) is 9.69 Å². The summed E-state index contributed by atoms with van der Waals surface area (Å²) in [6.45, 7) is 1.29. The van der Waals surface area contributed by atoms with Crippen molar-refractivity contribution < 1.29 is 22.3 Å². The van der Waals surface area contributed by atoms with E-state index in [2.05, 4.69) is 0 Å². The van der Waals surface area contributed by atoms with Crippen LogP contribution < -0.4 is 10.2 Å². The van der Waals surface area contributed by atoms with Crippen molar-refractivity contribution in [3.8, 4) is 16.9 Å². The fourth-order valence-electron chi connectivity index (χ4n) is 3.96. The smallest absolute Gasteiger partial charge is 0.450 e. The molecule has 33 heavy (non-hydrogen) atoms. The highest BCUT2D eigenvalue weighted by Gasteiger charge is 2.40. The fourth-order valence-corrected chi connectivity index (χ4v) is 4.78. The topological polar surface area (TPSA) is 42.7 Å². The molecule has 0 saturated carbocycles. The lowest BCUT2D eigenvalue weighted by molar-refractivity contribution is -0.152. The Hall–Kier alpha value is -2.81. The summed E-state index contributed by atoms with van der Waals surface area (Å²) in [5, 5.41) is 2.43. The van der Waals surface area contributed by atoms with Crippen molar-refractivity contribution in [2.75, 3.05) is 13.3 Å². The van der Waals surface area contributed by atoms with E-state index >= 15 is 0 Å². The molecule has 2 aromatic heterocycles. The molecule has 3 heterocycles. The Morgan fingerprint density at radius 2 is 1.88 bits per heavy atom. The van der Waals surface area contributed by atoms with Crippen LogP contribution in [0, 0.1) is 0 Å². The Bertz CT molecular complexity index is 1370. The number of hydrogen-bond acceptors (Lipinski definition) is 5. The molecule has 0 aliphatic carbocycles. The Balaban J connectivity index is 1.61. The number of nitrogens with zero attached hydrogens (tertiary/aromatic N) is 1. The van der Waals surface area contributed by atoms with Gasteiger partial charge >= 0.3 is 6.18 Å². The first-order valence-electron chi connectivity index (χ1n) is 10.1. The van der Waals surface area contributed by atoms with Crippen molar-refractivity contribution in [2.45, 2.75) is 19.1 Å². The average molecular weight is 492 g/mol. The Morgan fingerprint density at radius 3 is 2.58 bits per heavy atom. The number of ether oxygens (including phenoxy) is 1. The predicted octanol–water partition coefficient (Wildman–Crippen LogP) is 6.59. The number of alkyl halides is 3. The molecule has 0 amide bonds. The molecule has 4 nitrogen and oxygen atoms in total. The molecule has 4 aromatic rings. The number of rotatable bonds is 4. The standard InChI is InChI=1S/C24H17ClF3NO3S/c25-15-5-3-14(4-6-15)20-21(30)17-7-8-19-18(22(17)32-23(20)24(26,27)28)12-29(13-31-19)10-9-16-2-1-11-33-16/h1-8,11H,9-10,12-13H2. The molecule has 0 fully saturated rings. The molecular formula is C24H17ClF3NO3S. The Morgan fingerprint density at radius 1 is 1.09 bits per heavy atom. The Kier molecular flexibility index (Phi) is 5.68. The third kappa shape index (κ3) is 4.26. The fraction of sp³-hybridized carbons (Fsp3) is 0.208. The first-order valence-corrected chi connectivity index (χ1v) is 11.4. The molecule has 0 unspecified atom stereocenters. The number of halogens is 4. The minimum Gasteiger partial charge on any atom is -0.478 e. The lowest BCUT2D eigenvalue weighted by Crippen LogP contribution is -2.33. The van der Waals surface area contributed by atoms with Crippen LogP contribution in [0.3, 0.4) is 0 Å². The summed E-state index contributed by atoms with van der Waals surface area (Å²) in [6, 6.07) is 12.7. The SMILES string of the molecule is O=c1c(-c2ccc(Cl)cc2)c(C(F)(F)F)oc2c3c(ccc12)OCN(CCc1cccs1)C3. The average Bonchev–Trinajstić information content (AvgIpc) is 3.31. The molecule has 0 N–H and O–H groups in total. The summed E-state index contributed by atoms with van der Waals surface area (Å²) in [6.07, 6.45) is -4.07. The zero-order chi connectivity index (χ0) is 23.2. The van der Waals surface area contributed by atoms with Crippen molar-refractivity contribution in [1.29, 1.82) is 0 Å². The van der Waals surface area contributed by atoms with E-state index in [0.717, 1.165) is 6.42 Å². The Labute approximate surface area is 195 Å². The lowest BCUT2D eigenvalue weighted by Gasteiger charge is -2.29. The van der Waals surface area contributed by atoms with Gasteiger partial charge in [-0.25, -0.2) is 0 Å². The summed E-state index contributed by atoms with van der Waals surface area (Å²) in [5.74, 6) is -0.906. The van der Waals surface area contributed by atoms with E-state index in [1.165, 1.54) is 35.2 Å². The third-order valence-electron chi connectivity index (χ3n) is 5.55. The van der Waals surface area contributed by atoms with Crippen molar-refractivity contribution in [2.24, 2.45) is 0 Å². The van der Waals surface area contributed by atoms with E-state index < -0.39 is 22.9 Å². The van der Waals surface area contributed by atoms with Crippen LogP contribution in [0.4, 0.5) is 13.2 Å². The minimum absolute atomic E-state index is 0.0791. The van der Waals surface area contributed by atoms with Gasteiger partial charge in [0.2, 0.25) is 11.2 Å². The van der Waals surface area contributed by atoms with Crippen LogP contribution in [-0.2, 0) is 19.1 Å². The van der Waals surface area contributed by atoms with Gasteiger partial charge in [0.1, 0.15) is 18.1 Å². The lowest BCUT2D eigenvalue weighted by atomic mass is 10.00. The highest BCUT2D eigenvalue weighted by Crippen LogP contribution is 2.40. The zero-order valence-electron chi connectivity index (χ0n) is 17.1. The first kappa shape index (κ1) is 22.0. The molecule has 0 atom stereocenters. The van der Waals surface area contributed by atoms with Crippen LogP contribution in [0.5, 0.6) is 5.75 Å². The first-order chi connectivity index (χ1) is 15.8. The summed E-state index contributed by atoms with van der Waals surface area (Å²) < 4.78 is 53.3. The van der Waals surface area contributed by atoms with Gasteiger partial charge in [-0.05, 0) is 47.7 Å². The summed E-state index contributed by atoms with van der Waals surface area (Å²) >= 11 is 7.52. The van der Waals surface area contributed by atoms with Gasteiger partial charge in [0, 0.05) is 23.0 Å². The van der Waals surface area contributed by atoms with Crippen molar-refractivity contribution in [1.82, 2.24) is 4.90 Å². The second-order valence-electron chi connectivity index (χ2n) is 7.71. The highest BCUT2D eigenvalue weighted by atomic mass is 35.5. The summed E-state index contributed by atoms with van der Waals surface area (Å²) in [5.41, 5.74) is -0.838. The molecule has 1 aliphatic heterocycles. The number of thiophene rings is 1. The zero-order valence-corrected chi connectivity index (χ0v) is 18.7. The number of hydrogen-bond donors (Lipinski definition) is 0. The van der Waals surface area contributed by atoms with Gasteiger partial charge in [0.05, 0.1) is 16.5 Å². The molecule has 9 heteroatoms. The minimum atomic E-state index is -4.86. The molecule has 2 aromatic carbocycles. The van der Waals surface area contributed by atoms with E-state index in [9.17, 15) is 18.0 Å². The van der Waals surface area contributed by atoms with E-state index in [-0.39, 0.29) is 16.5 Å². The molecular weight excluding hydrogens is 475 g/mol. The molecule has 0 saturated heterocycles.